The maximum absolute atomic E-state index is 11.8. The van der Waals surface area contributed by atoms with E-state index in [1.165, 1.54) is 0 Å². The lowest BCUT2D eigenvalue weighted by Gasteiger charge is -2.21. The summed E-state index contributed by atoms with van der Waals surface area (Å²) < 4.78 is 5.34. The summed E-state index contributed by atoms with van der Waals surface area (Å²) in [6.07, 6.45) is 0. The van der Waals surface area contributed by atoms with Gasteiger partial charge >= 0.3 is 0 Å². The van der Waals surface area contributed by atoms with Crippen molar-refractivity contribution < 1.29 is 14.3 Å². The molecule has 1 rings (SSSR count). The van der Waals surface area contributed by atoms with Crippen molar-refractivity contribution in [2.24, 2.45) is 5.92 Å². The molecule has 110 valence electrons. The van der Waals surface area contributed by atoms with Crippen molar-refractivity contribution >= 4 is 11.8 Å². The fourth-order valence-corrected chi connectivity index (χ4v) is 1.70. The summed E-state index contributed by atoms with van der Waals surface area (Å²) in [4.78, 5) is 23.7. The molecule has 0 aliphatic rings. The highest BCUT2D eigenvalue weighted by molar-refractivity contribution is 5.88. The number of ether oxygens (including phenoxy) is 1. The summed E-state index contributed by atoms with van der Waals surface area (Å²) in [6.45, 7) is 6.05. The van der Waals surface area contributed by atoms with E-state index < -0.39 is 6.04 Å². The Morgan fingerprint density at radius 2 is 1.85 bits per heavy atom. The lowest BCUT2D eigenvalue weighted by Crippen LogP contribution is -2.50. The van der Waals surface area contributed by atoms with Crippen LogP contribution in [-0.4, -0.2) is 31.0 Å². The number of carbonyl (C=O) groups excluding carboxylic acids is 2. The Hall–Kier alpha value is -2.04. The molecule has 0 spiro atoms. The third-order valence-electron chi connectivity index (χ3n) is 2.73. The van der Waals surface area contributed by atoms with E-state index in [1.807, 2.05) is 39.0 Å². The van der Waals surface area contributed by atoms with E-state index in [1.54, 1.807) is 12.1 Å². The highest BCUT2D eigenvalue weighted by Crippen LogP contribution is 2.08. The molecule has 1 atom stereocenters. The predicted octanol–water partition coefficient (Wildman–Crippen LogP) is 1.34. The Balaban J connectivity index is 2.48. The van der Waals surface area contributed by atoms with E-state index >= 15 is 0 Å². The second-order valence-electron chi connectivity index (χ2n) is 4.79. The number of nitrogens with one attached hydrogen (secondary N) is 2. The van der Waals surface area contributed by atoms with Crippen LogP contribution < -0.4 is 15.4 Å². The molecule has 0 radical (unpaired) electrons. The maximum atomic E-state index is 11.8. The van der Waals surface area contributed by atoms with Gasteiger partial charge in [0.2, 0.25) is 5.91 Å². The van der Waals surface area contributed by atoms with Crippen molar-refractivity contribution in [3.63, 3.8) is 0 Å². The van der Waals surface area contributed by atoms with Crippen LogP contribution in [0.1, 0.15) is 20.8 Å². The van der Waals surface area contributed by atoms with Crippen molar-refractivity contribution in [1.82, 2.24) is 10.6 Å². The smallest absolute Gasteiger partial charge is 0.258 e. The molecule has 0 saturated carbocycles. The minimum absolute atomic E-state index is 0.0159. The van der Waals surface area contributed by atoms with Crippen LogP contribution in [0.5, 0.6) is 5.75 Å². The van der Waals surface area contributed by atoms with Crippen LogP contribution in [0.4, 0.5) is 0 Å². The molecule has 0 fully saturated rings. The van der Waals surface area contributed by atoms with Crippen LogP contribution in [0.15, 0.2) is 30.3 Å². The van der Waals surface area contributed by atoms with Gasteiger partial charge in [0, 0.05) is 6.54 Å². The molecule has 0 saturated heterocycles. The van der Waals surface area contributed by atoms with E-state index in [0.717, 1.165) is 0 Å². The minimum atomic E-state index is -0.540. The van der Waals surface area contributed by atoms with Gasteiger partial charge in [0.25, 0.3) is 5.91 Å². The van der Waals surface area contributed by atoms with Gasteiger partial charge < -0.3 is 15.4 Å². The van der Waals surface area contributed by atoms with Crippen LogP contribution in [0.2, 0.25) is 0 Å². The monoisotopic (exact) mass is 278 g/mol. The van der Waals surface area contributed by atoms with Gasteiger partial charge in [-0.05, 0) is 25.0 Å². The molecule has 5 nitrogen and oxygen atoms in total. The van der Waals surface area contributed by atoms with Crippen LogP contribution in [0.25, 0.3) is 0 Å². The van der Waals surface area contributed by atoms with Crippen molar-refractivity contribution in [2.45, 2.75) is 26.8 Å². The Morgan fingerprint density at radius 1 is 1.20 bits per heavy atom. The number of hydrogen-bond donors (Lipinski definition) is 2. The molecule has 20 heavy (non-hydrogen) atoms. The number of likely N-dealkylation sites (N-methyl/N-ethyl adjacent to an activating group) is 1. The van der Waals surface area contributed by atoms with Crippen LogP contribution >= 0.6 is 0 Å². The average molecular weight is 278 g/mol. The predicted molar refractivity (Wildman–Crippen MR) is 77.4 cm³/mol. The zero-order valence-electron chi connectivity index (χ0n) is 12.2. The Bertz CT molecular complexity index is 432. The van der Waals surface area contributed by atoms with Gasteiger partial charge in [0.15, 0.2) is 6.61 Å². The zero-order chi connectivity index (χ0) is 15.0. The summed E-state index contributed by atoms with van der Waals surface area (Å²) >= 11 is 0. The van der Waals surface area contributed by atoms with E-state index in [4.69, 9.17) is 4.74 Å². The number of amides is 2. The molecule has 1 aromatic rings. The molecule has 1 aromatic carbocycles. The summed E-state index contributed by atoms with van der Waals surface area (Å²) in [5.74, 6) is 0.165. The Morgan fingerprint density at radius 3 is 2.40 bits per heavy atom. The first-order chi connectivity index (χ1) is 9.54. The second kappa shape index (κ2) is 8.19. The Labute approximate surface area is 119 Å². The first-order valence-electron chi connectivity index (χ1n) is 6.79. The normalized spacial score (nSPS) is 11.8. The van der Waals surface area contributed by atoms with E-state index in [0.29, 0.717) is 12.3 Å². The SMILES string of the molecule is CCNC(=O)C(NC(=O)COc1ccccc1)C(C)C. The van der Waals surface area contributed by atoms with E-state index in [9.17, 15) is 9.59 Å². The third-order valence-corrected chi connectivity index (χ3v) is 2.73. The van der Waals surface area contributed by atoms with Crippen LogP contribution in [0, 0.1) is 5.92 Å². The number of hydrogen-bond acceptors (Lipinski definition) is 3. The zero-order valence-corrected chi connectivity index (χ0v) is 12.2. The van der Waals surface area contributed by atoms with Crippen molar-refractivity contribution in [3.05, 3.63) is 30.3 Å². The van der Waals surface area contributed by atoms with Gasteiger partial charge in [-0.3, -0.25) is 9.59 Å². The van der Waals surface area contributed by atoms with Gasteiger partial charge in [-0.25, -0.2) is 0 Å². The molecule has 5 heteroatoms. The standard InChI is InChI=1S/C15H22N2O3/c1-4-16-15(19)14(11(2)3)17-13(18)10-20-12-8-6-5-7-9-12/h5-9,11,14H,4,10H2,1-3H3,(H,16,19)(H,17,18). The Kier molecular flexibility index (Phi) is 6.56. The number of carbonyl (C=O) groups is 2. The van der Waals surface area contributed by atoms with Gasteiger partial charge in [-0.15, -0.1) is 0 Å². The van der Waals surface area contributed by atoms with E-state index in [2.05, 4.69) is 10.6 Å². The number of rotatable bonds is 7. The number of benzene rings is 1. The van der Waals surface area contributed by atoms with E-state index in [-0.39, 0.29) is 24.3 Å². The highest BCUT2D eigenvalue weighted by Gasteiger charge is 2.23. The summed E-state index contributed by atoms with van der Waals surface area (Å²) in [7, 11) is 0. The number of para-hydroxylation sites is 1. The third kappa shape index (κ3) is 5.30. The van der Waals surface area contributed by atoms with Crippen molar-refractivity contribution in [1.29, 1.82) is 0 Å². The van der Waals surface area contributed by atoms with Gasteiger partial charge in [-0.1, -0.05) is 32.0 Å². The molecule has 0 bridgehead atoms. The molecule has 0 heterocycles. The highest BCUT2D eigenvalue weighted by atomic mass is 16.5. The molecule has 0 aliphatic carbocycles. The molecule has 1 unspecified atom stereocenters. The second-order valence-corrected chi connectivity index (χ2v) is 4.79. The fourth-order valence-electron chi connectivity index (χ4n) is 1.70. The van der Waals surface area contributed by atoms with Crippen molar-refractivity contribution in [2.75, 3.05) is 13.2 Å². The topological polar surface area (TPSA) is 67.4 Å². The van der Waals surface area contributed by atoms with Gasteiger partial charge in [0.05, 0.1) is 0 Å². The molecular formula is C15H22N2O3. The lowest BCUT2D eigenvalue weighted by molar-refractivity contribution is -0.131. The first kappa shape index (κ1) is 16.0. The van der Waals surface area contributed by atoms with Gasteiger partial charge in [-0.2, -0.15) is 0 Å². The first-order valence-corrected chi connectivity index (χ1v) is 6.79. The van der Waals surface area contributed by atoms with Gasteiger partial charge in [0.1, 0.15) is 11.8 Å². The molecule has 0 aliphatic heterocycles. The lowest BCUT2D eigenvalue weighted by atomic mass is 10.0. The summed E-state index contributed by atoms with van der Waals surface area (Å²) in [5, 5.41) is 5.41. The largest absolute Gasteiger partial charge is 0.484 e. The molecule has 0 aromatic heterocycles. The van der Waals surface area contributed by atoms with Crippen molar-refractivity contribution in [3.8, 4) is 5.75 Å². The minimum Gasteiger partial charge on any atom is -0.484 e. The maximum Gasteiger partial charge on any atom is 0.258 e. The molecular weight excluding hydrogens is 256 g/mol. The summed E-state index contributed by atoms with van der Waals surface area (Å²) in [5.41, 5.74) is 0. The average Bonchev–Trinajstić information content (AvgIpc) is 2.43. The molecule has 2 amide bonds. The molecule has 2 N–H and O–H groups in total. The summed E-state index contributed by atoms with van der Waals surface area (Å²) in [6, 6.07) is 8.55. The quantitative estimate of drug-likeness (QED) is 0.791. The van der Waals surface area contributed by atoms with Crippen LogP contribution in [-0.2, 0) is 9.59 Å². The fraction of sp³-hybridized carbons (Fsp3) is 0.467. The van der Waals surface area contributed by atoms with Crippen LogP contribution in [0.3, 0.4) is 0 Å².